The molecule has 1 aliphatic carbocycles. The van der Waals surface area contributed by atoms with Crippen molar-refractivity contribution in [3.63, 3.8) is 0 Å². The standard InChI is InChI=1S/C37H28ClN/c1-37(2)34-24-29(20-22-32(34)33-21-19-26-13-6-7-17-31(26)36(33)37)39(28-15-10-14-27(38)23-28)35-18-9-8-16-30(35)25-11-4-3-5-12-25/h3-24H,1-2H3. The molecule has 0 atom stereocenters. The molecule has 0 N–H and O–H groups in total. The molecular weight excluding hydrogens is 494 g/mol. The zero-order valence-electron chi connectivity index (χ0n) is 22.0. The van der Waals surface area contributed by atoms with E-state index in [1.807, 2.05) is 18.2 Å². The fourth-order valence-corrected chi connectivity index (χ4v) is 6.48. The first kappa shape index (κ1) is 23.8. The van der Waals surface area contributed by atoms with Crippen molar-refractivity contribution in [2.24, 2.45) is 0 Å². The van der Waals surface area contributed by atoms with Crippen molar-refractivity contribution in [2.75, 3.05) is 4.90 Å². The van der Waals surface area contributed by atoms with Crippen LogP contribution in [0.15, 0.2) is 133 Å². The zero-order valence-corrected chi connectivity index (χ0v) is 22.8. The lowest BCUT2D eigenvalue weighted by Crippen LogP contribution is -2.17. The second-order valence-corrected chi connectivity index (χ2v) is 11.2. The smallest absolute Gasteiger partial charge is 0.0540 e. The first-order chi connectivity index (χ1) is 19.0. The average molecular weight is 522 g/mol. The summed E-state index contributed by atoms with van der Waals surface area (Å²) in [7, 11) is 0. The van der Waals surface area contributed by atoms with Gasteiger partial charge in [0.1, 0.15) is 0 Å². The van der Waals surface area contributed by atoms with Crippen molar-refractivity contribution in [3.8, 4) is 22.3 Å². The number of hydrogen-bond acceptors (Lipinski definition) is 1. The van der Waals surface area contributed by atoms with Crippen LogP contribution in [-0.4, -0.2) is 0 Å². The van der Waals surface area contributed by atoms with Gasteiger partial charge in [0.25, 0.3) is 0 Å². The predicted molar refractivity (Wildman–Crippen MR) is 167 cm³/mol. The molecule has 39 heavy (non-hydrogen) atoms. The van der Waals surface area contributed by atoms with Crippen LogP contribution in [0.2, 0.25) is 5.02 Å². The molecule has 0 saturated carbocycles. The summed E-state index contributed by atoms with van der Waals surface area (Å²) >= 11 is 6.55. The Kier molecular flexibility index (Phi) is 5.58. The van der Waals surface area contributed by atoms with E-state index in [1.54, 1.807) is 0 Å². The molecule has 1 aliphatic rings. The molecule has 188 valence electrons. The Morgan fingerprint density at radius 1 is 0.564 bits per heavy atom. The van der Waals surface area contributed by atoms with Crippen molar-refractivity contribution in [2.45, 2.75) is 19.3 Å². The molecule has 0 bridgehead atoms. The third-order valence-corrected chi connectivity index (χ3v) is 8.31. The number of fused-ring (bicyclic) bond motifs is 5. The largest absolute Gasteiger partial charge is 0.310 e. The van der Waals surface area contributed by atoms with Crippen molar-refractivity contribution in [3.05, 3.63) is 150 Å². The molecule has 0 aliphatic heterocycles. The van der Waals surface area contributed by atoms with Crippen LogP contribution in [0.3, 0.4) is 0 Å². The van der Waals surface area contributed by atoms with Crippen LogP contribution in [0.1, 0.15) is 25.0 Å². The molecule has 7 rings (SSSR count). The van der Waals surface area contributed by atoms with Gasteiger partial charge in [-0.3, -0.25) is 0 Å². The summed E-state index contributed by atoms with van der Waals surface area (Å²) in [6.07, 6.45) is 0. The Morgan fingerprint density at radius 3 is 2.13 bits per heavy atom. The van der Waals surface area contributed by atoms with Gasteiger partial charge in [-0.25, -0.2) is 0 Å². The Morgan fingerprint density at radius 2 is 1.28 bits per heavy atom. The van der Waals surface area contributed by atoms with E-state index in [9.17, 15) is 0 Å². The van der Waals surface area contributed by atoms with Gasteiger partial charge in [0.05, 0.1) is 5.69 Å². The molecule has 6 aromatic carbocycles. The molecule has 2 heteroatoms. The van der Waals surface area contributed by atoms with E-state index in [0.29, 0.717) is 0 Å². The lowest BCUT2D eigenvalue weighted by Gasteiger charge is -2.30. The van der Waals surface area contributed by atoms with Crippen LogP contribution < -0.4 is 4.90 Å². The molecule has 0 unspecified atom stereocenters. The molecular formula is C37H28ClN. The molecule has 0 radical (unpaired) electrons. The van der Waals surface area contributed by atoms with E-state index in [0.717, 1.165) is 22.1 Å². The highest BCUT2D eigenvalue weighted by molar-refractivity contribution is 6.30. The van der Waals surface area contributed by atoms with Gasteiger partial charge >= 0.3 is 0 Å². The maximum absolute atomic E-state index is 6.55. The van der Waals surface area contributed by atoms with E-state index in [-0.39, 0.29) is 5.41 Å². The summed E-state index contributed by atoms with van der Waals surface area (Å²) in [5.74, 6) is 0. The minimum atomic E-state index is -0.138. The van der Waals surface area contributed by atoms with Gasteiger partial charge in [0.2, 0.25) is 0 Å². The highest BCUT2D eigenvalue weighted by atomic mass is 35.5. The van der Waals surface area contributed by atoms with E-state index in [2.05, 4.69) is 134 Å². The molecule has 0 aromatic heterocycles. The van der Waals surface area contributed by atoms with Crippen LogP contribution in [0.5, 0.6) is 0 Å². The number of halogens is 1. The Hall–Kier alpha value is -4.33. The van der Waals surface area contributed by atoms with Gasteiger partial charge in [-0.15, -0.1) is 0 Å². The van der Waals surface area contributed by atoms with Gasteiger partial charge in [-0.1, -0.05) is 123 Å². The second kappa shape index (κ2) is 9.15. The average Bonchev–Trinajstić information content (AvgIpc) is 3.20. The number of para-hydroxylation sites is 1. The fourth-order valence-electron chi connectivity index (χ4n) is 6.30. The molecule has 0 heterocycles. The second-order valence-electron chi connectivity index (χ2n) is 10.8. The van der Waals surface area contributed by atoms with Gasteiger partial charge in [0, 0.05) is 27.4 Å². The number of hydrogen-bond donors (Lipinski definition) is 0. The van der Waals surface area contributed by atoms with Gasteiger partial charge in [0.15, 0.2) is 0 Å². The van der Waals surface area contributed by atoms with Crippen LogP contribution >= 0.6 is 11.6 Å². The minimum absolute atomic E-state index is 0.138. The van der Waals surface area contributed by atoms with Crippen LogP contribution in [0.4, 0.5) is 17.1 Å². The summed E-state index contributed by atoms with van der Waals surface area (Å²) in [4.78, 5) is 2.34. The highest BCUT2D eigenvalue weighted by Gasteiger charge is 2.37. The van der Waals surface area contributed by atoms with Gasteiger partial charge in [-0.2, -0.15) is 0 Å². The molecule has 0 amide bonds. The maximum atomic E-state index is 6.55. The van der Waals surface area contributed by atoms with E-state index < -0.39 is 0 Å². The first-order valence-corrected chi connectivity index (χ1v) is 13.8. The number of anilines is 3. The third-order valence-electron chi connectivity index (χ3n) is 8.08. The quantitative estimate of drug-likeness (QED) is 0.223. The minimum Gasteiger partial charge on any atom is -0.310 e. The molecule has 0 saturated heterocycles. The lowest BCUT2D eigenvalue weighted by molar-refractivity contribution is 0.666. The van der Waals surface area contributed by atoms with Gasteiger partial charge in [-0.05, 0) is 75.0 Å². The SMILES string of the molecule is CC1(C)c2cc(N(c3cccc(Cl)c3)c3ccccc3-c3ccccc3)ccc2-c2ccc3ccccc3c21. The fraction of sp³-hybridized carbons (Fsp3) is 0.0811. The van der Waals surface area contributed by atoms with E-state index in [1.165, 1.54) is 44.2 Å². The summed E-state index contributed by atoms with van der Waals surface area (Å²) in [6, 6.07) is 47.5. The van der Waals surface area contributed by atoms with Crippen molar-refractivity contribution < 1.29 is 0 Å². The molecule has 6 aromatic rings. The third kappa shape index (κ3) is 3.85. The summed E-state index contributed by atoms with van der Waals surface area (Å²) in [5.41, 5.74) is 10.9. The van der Waals surface area contributed by atoms with Gasteiger partial charge < -0.3 is 4.90 Å². The monoisotopic (exact) mass is 521 g/mol. The van der Waals surface area contributed by atoms with Crippen molar-refractivity contribution in [1.29, 1.82) is 0 Å². The Labute approximate surface area is 234 Å². The molecule has 1 nitrogen and oxygen atoms in total. The summed E-state index contributed by atoms with van der Waals surface area (Å²) in [6.45, 7) is 4.71. The van der Waals surface area contributed by atoms with Crippen LogP contribution in [0.25, 0.3) is 33.0 Å². The topological polar surface area (TPSA) is 3.24 Å². The number of benzene rings is 6. The summed E-state index contributed by atoms with van der Waals surface area (Å²) in [5, 5.41) is 3.34. The lowest BCUT2D eigenvalue weighted by atomic mass is 9.80. The molecule has 0 spiro atoms. The normalized spacial score (nSPS) is 13.2. The van der Waals surface area contributed by atoms with E-state index >= 15 is 0 Å². The zero-order chi connectivity index (χ0) is 26.6. The number of nitrogens with zero attached hydrogens (tertiary/aromatic N) is 1. The Bertz CT molecular complexity index is 1850. The van der Waals surface area contributed by atoms with Crippen LogP contribution in [-0.2, 0) is 5.41 Å². The summed E-state index contributed by atoms with van der Waals surface area (Å²) < 4.78 is 0. The van der Waals surface area contributed by atoms with Crippen LogP contribution in [0, 0.1) is 0 Å². The van der Waals surface area contributed by atoms with Crippen molar-refractivity contribution in [1.82, 2.24) is 0 Å². The maximum Gasteiger partial charge on any atom is 0.0540 e. The number of rotatable bonds is 4. The predicted octanol–water partition coefficient (Wildman–Crippen LogP) is 10.9. The Balaban J connectivity index is 1.45. The highest BCUT2D eigenvalue weighted by Crippen LogP contribution is 2.53. The van der Waals surface area contributed by atoms with Crippen molar-refractivity contribution >= 4 is 39.4 Å². The molecule has 0 fully saturated rings. The van der Waals surface area contributed by atoms with E-state index in [4.69, 9.17) is 11.6 Å². The first-order valence-electron chi connectivity index (χ1n) is 13.4.